The van der Waals surface area contributed by atoms with Crippen molar-refractivity contribution in [2.24, 2.45) is 11.8 Å². The van der Waals surface area contributed by atoms with E-state index in [4.69, 9.17) is 21.1 Å². The van der Waals surface area contributed by atoms with Crippen molar-refractivity contribution >= 4 is 23.6 Å². The van der Waals surface area contributed by atoms with Crippen LogP contribution in [-0.2, 0) is 16.0 Å². The van der Waals surface area contributed by atoms with Crippen molar-refractivity contribution in [3.63, 3.8) is 0 Å². The fourth-order valence-electron chi connectivity index (χ4n) is 3.45. The maximum atomic E-state index is 12.6. The first kappa shape index (κ1) is 20.2. The van der Waals surface area contributed by atoms with E-state index in [0.29, 0.717) is 5.75 Å². The minimum atomic E-state index is -1.46. The number of aliphatic hydroxyl groups is 1. The number of methoxy groups -OCH3 is 1. The summed E-state index contributed by atoms with van der Waals surface area (Å²) in [6.07, 6.45) is 1.93. The summed E-state index contributed by atoms with van der Waals surface area (Å²) in [7, 11) is 1.59. The fraction of sp³-hybridized carbons (Fsp3) is 0.318. The summed E-state index contributed by atoms with van der Waals surface area (Å²) in [5, 5.41) is 21.3. The summed E-state index contributed by atoms with van der Waals surface area (Å²) in [4.78, 5) is 12.6. The van der Waals surface area contributed by atoms with Gasteiger partial charge in [-0.05, 0) is 53.8 Å². The summed E-state index contributed by atoms with van der Waals surface area (Å²) in [6.45, 7) is 3.70. The molecule has 5 nitrogen and oxygen atoms in total. The molecule has 1 heterocycles. The highest BCUT2D eigenvalue weighted by molar-refractivity contribution is 6.32. The number of carbonyl (C=O) groups excluding carboxylic acids is 1. The molecule has 1 aliphatic rings. The first-order valence-corrected chi connectivity index (χ1v) is 9.41. The molecule has 3 rings (SSSR count). The molecule has 6 heteroatoms. The SMILES string of the molecule is COc1ccc(C=C2OC(=O)[C@H](Cc3ccc(O)c(Cl)c3)[C@]2(O)C(C)C)cc1. The molecule has 2 N–H and O–H groups in total. The number of esters is 1. The van der Waals surface area contributed by atoms with Crippen molar-refractivity contribution in [3.05, 3.63) is 64.4 Å². The lowest BCUT2D eigenvalue weighted by molar-refractivity contribution is -0.140. The van der Waals surface area contributed by atoms with Gasteiger partial charge >= 0.3 is 5.97 Å². The van der Waals surface area contributed by atoms with Gasteiger partial charge in [0.05, 0.1) is 18.1 Å². The number of phenolic OH excluding ortho intramolecular Hbond substituents is 1. The Labute approximate surface area is 169 Å². The van der Waals surface area contributed by atoms with E-state index < -0.39 is 17.5 Å². The number of cyclic esters (lactones) is 1. The van der Waals surface area contributed by atoms with Crippen LogP contribution in [0.2, 0.25) is 5.02 Å². The van der Waals surface area contributed by atoms with Gasteiger partial charge in [0.15, 0.2) is 0 Å². The maximum absolute atomic E-state index is 12.6. The third-order valence-corrected chi connectivity index (χ3v) is 5.47. The first-order valence-electron chi connectivity index (χ1n) is 9.03. The standard InChI is InChI=1S/C22H23ClO5/c1-13(2)22(26)17(10-15-6-9-19(24)18(23)11-15)21(25)28-20(22)12-14-4-7-16(27-3)8-5-14/h4-9,11-13,17,24,26H,10H2,1-3H3/t17-,22+/m0/s1. The largest absolute Gasteiger partial charge is 0.506 e. The van der Waals surface area contributed by atoms with Crippen LogP contribution in [0.5, 0.6) is 11.5 Å². The van der Waals surface area contributed by atoms with E-state index in [9.17, 15) is 15.0 Å². The molecule has 0 spiro atoms. The second-order valence-electron chi connectivity index (χ2n) is 7.23. The van der Waals surface area contributed by atoms with E-state index in [1.54, 1.807) is 37.5 Å². The van der Waals surface area contributed by atoms with Gasteiger partial charge in [-0.2, -0.15) is 0 Å². The van der Waals surface area contributed by atoms with E-state index >= 15 is 0 Å². The zero-order chi connectivity index (χ0) is 20.5. The van der Waals surface area contributed by atoms with Gasteiger partial charge in [0.2, 0.25) is 0 Å². The van der Waals surface area contributed by atoms with E-state index in [1.165, 1.54) is 6.07 Å². The molecule has 1 fully saturated rings. The van der Waals surface area contributed by atoms with Crippen LogP contribution in [0.15, 0.2) is 48.2 Å². The average Bonchev–Trinajstić information content (AvgIpc) is 2.90. The number of benzene rings is 2. The Hall–Kier alpha value is -2.50. The van der Waals surface area contributed by atoms with Crippen LogP contribution in [0.25, 0.3) is 6.08 Å². The zero-order valence-electron chi connectivity index (χ0n) is 16.0. The van der Waals surface area contributed by atoms with Crippen molar-refractivity contribution in [1.82, 2.24) is 0 Å². The lowest BCUT2D eigenvalue weighted by atomic mass is 9.76. The summed E-state index contributed by atoms with van der Waals surface area (Å²) in [5.41, 5.74) is 0.0620. The highest BCUT2D eigenvalue weighted by Gasteiger charge is 2.55. The smallest absolute Gasteiger partial charge is 0.317 e. The molecular formula is C22H23ClO5. The van der Waals surface area contributed by atoms with E-state index in [-0.39, 0.29) is 28.9 Å². The van der Waals surface area contributed by atoms with Crippen LogP contribution in [0, 0.1) is 11.8 Å². The third kappa shape index (κ3) is 3.73. The highest BCUT2D eigenvalue weighted by Crippen LogP contribution is 2.44. The van der Waals surface area contributed by atoms with Crippen LogP contribution in [0.4, 0.5) is 0 Å². The summed E-state index contributed by atoms with van der Waals surface area (Å²) in [5.74, 6) is -0.614. The molecule has 2 aromatic carbocycles. The number of hydrogen-bond acceptors (Lipinski definition) is 5. The molecule has 2 atom stereocenters. The Balaban J connectivity index is 1.95. The maximum Gasteiger partial charge on any atom is 0.317 e. The number of aromatic hydroxyl groups is 1. The molecule has 0 aliphatic carbocycles. The predicted molar refractivity (Wildman–Crippen MR) is 107 cm³/mol. The Morgan fingerprint density at radius 2 is 1.93 bits per heavy atom. The summed E-state index contributed by atoms with van der Waals surface area (Å²) in [6, 6.07) is 12.0. The van der Waals surface area contributed by atoms with Crippen LogP contribution in [0.1, 0.15) is 25.0 Å². The molecule has 28 heavy (non-hydrogen) atoms. The van der Waals surface area contributed by atoms with Gasteiger partial charge in [0.1, 0.15) is 22.9 Å². The van der Waals surface area contributed by atoms with Crippen LogP contribution in [-0.4, -0.2) is 28.9 Å². The van der Waals surface area contributed by atoms with Crippen molar-refractivity contribution in [1.29, 1.82) is 0 Å². The molecule has 0 bridgehead atoms. The van der Waals surface area contributed by atoms with Gasteiger partial charge in [-0.15, -0.1) is 0 Å². The summed E-state index contributed by atoms with van der Waals surface area (Å²) >= 11 is 5.98. The van der Waals surface area contributed by atoms with Crippen molar-refractivity contribution in [2.45, 2.75) is 25.9 Å². The first-order chi connectivity index (χ1) is 13.3. The quantitative estimate of drug-likeness (QED) is 0.733. The number of ether oxygens (including phenoxy) is 2. The van der Waals surface area contributed by atoms with Crippen molar-refractivity contribution in [3.8, 4) is 11.5 Å². The zero-order valence-corrected chi connectivity index (χ0v) is 16.7. The molecule has 0 amide bonds. The minimum Gasteiger partial charge on any atom is -0.506 e. The van der Waals surface area contributed by atoms with Crippen LogP contribution >= 0.6 is 11.6 Å². The molecule has 0 saturated carbocycles. The number of rotatable bonds is 5. The predicted octanol–water partition coefficient (Wildman–Crippen LogP) is 4.20. The Morgan fingerprint density at radius 1 is 1.25 bits per heavy atom. The van der Waals surface area contributed by atoms with Crippen molar-refractivity contribution in [2.75, 3.05) is 7.11 Å². The fourth-order valence-corrected chi connectivity index (χ4v) is 3.65. The molecule has 1 saturated heterocycles. The Morgan fingerprint density at radius 3 is 2.50 bits per heavy atom. The minimum absolute atomic E-state index is 0.0290. The van der Waals surface area contributed by atoms with Gasteiger partial charge in [0, 0.05) is 0 Å². The average molecular weight is 403 g/mol. The van der Waals surface area contributed by atoms with Gasteiger partial charge in [-0.1, -0.05) is 43.6 Å². The normalized spacial score (nSPS) is 23.3. The second-order valence-corrected chi connectivity index (χ2v) is 7.63. The van der Waals surface area contributed by atoms with Crippen molar-refractivity contribution < 1.29 is 24.5 Å². The van der Waals surface area contributed by atoms with E-state index in [2.05, 4.69) is 0 Å². The molecule has 2 aromatic rings. The number of carbonyl (C=O) groups is 1. The summed E-state index contributed by atoms with van der Waals surface area (Å²) < 4.78 is 10.6. The highest BCUT2D eigenvalue weighted by atomic mass is 35.5. The topological polar surface area (TPSA) is 76.0 Å². The lowest BCUT2D eigenvalue weighted by Crippen LogP contribution is -2.43. The van der Waals surface area contributed by atoms with Crippen LogP contribution < -0.4 is 4.74 Å². The third-order valence-electron chi connectivity index (χ3n) is 5.17. The van der Waals surface area contributed by atoms with Crippen LogP contribution in [0.3, 0.4) is 0 Å². The number of halogens is 1. The van der Waals surface area contributed by atoms with Gasteiger partial charge < -0.3 is 19.7 Å². The molecule has 0 radical (unpaired) electrons. The van der Waals surface area contributed by atoms with Gasteiger partial charge in [0.25, 0.3) is 0 Å². The van der Waals surface area contributed by atoms with E-state index in [0.717, 1.165) is 11.1 Å². The van der Waals surface area contributed by atoms with E-state index in [1.807, 2.05) is 26.0 Å². The Kier molecular flexibility index (Phi) is 5.68. The molecule has 148 valence electrons. The molecule has 0 unspecified atom stereocenters. The van der Waals surface area contributed by atoms with Gasteiger partial charge in [-0.3, -0.25) is 4.79 Å². The monoisotopic (exact) mass is 402 g/mol. The van der Waals surface area contributed by atoms with Gasteiger partial charge in [-0.25, -0.2) is 0 Å². The molecule has 0 aromatic heterocycles. The molecular weight excluding hydrogens is 380 g/mol. The lowest BCUT2D eigenvalue weighted by Gasteiger charge is -2.31. The number of phenols is 1. The Bertz CT molecular complexity index is 904. The second kappa shape index (κ2) is 7.86. The molecule has 1 aliphatic heterocycles. The number of hydrogen-bond donors (Lipinski definition) is 2.